The predicted octanol–water partition coefficient (Wildman–Crippen LogP) is 5.00. The summed E-state index contributed by atoms with van der Waals surface area (Å²) < 4.78 is 11.3. The van der Waals surface area contributed by atoms with Gasteiger partial charge >= 0.3 is 0 Å². The molecule has 0 nitrogen and oxygen atoms in total. The van der Waals surface area contributed by atoms with Gasteiger partial charge in [-0.1, -0.05) is 95.6 Å². The molecule has 0 fully saturated rings. The normalized spacial score (nSPS) is 14.4. The van der Waals surface area contributed by atoms with Crippen LogP contribution in [0.4, 0.5) is 4.39 Å². The average Bonchev–Trinajstić information content (AvgIpc) is 1.59. The first-order chi connectivity index (χ1) is 4.15. The molecule has 0 aromatic heterocycles. The molecule has 0 aromatic carbocycles. The summed E-state index contributed by atoms with van der Waals surface area (Å²) in [6.07, 6.45) is -1.24. The Balaban J connectivity index is 4.23. The highest BCUT2D eigenvalue weighted by molar-refractivity contribution is 9.40. The Morgan fingerprint density at radius 1 is 0.800 bits per heavy atom. The number of alkyl halides is 7. The molecule has 62 valence electrons. The zero-order valence-electron chi connectivity index (χ0n) is 4.22. The first-order valence-electron chi connectivity index (χ1n) is 1.93. The summed E-state index contributed by atoms with van der Waals surface area (Å²) in [5, 5.41) is 0. The van der Waals surface area contributed by atoms with Crippen LogP contribution in [0.3, 0.4) is 0 Å². The molecule has 0 saturated carbocycles. The van der Waals surface area contributed by atoms with Crippen molar-refractivity contribution in [2.45, 2.75) is 10.5 Å². The topological polar surface area (TPSA) is 0 Å². The van der Waals surface area contributed by atoms with E-state index in [1.807, 2.05) is 0 Å². The Bertz CT molecular complexity index is 97.1. The first kappa shape index (κ1) is 12.8. The standard InChI is InChI=1S/C3HBr6F/c4-2(5,6)1(10)3(7,8)9/h1H. The van der Waals surface area contributed by atoms with Gasteiger partial charge in [-0.2, -0.15) is 0 Å². The van der Waals surface area contributed by atoms with Gasteiger partial charge in [0.1, 0.15) is 0 Å². The van der Waals surface area contributed by atoms with Crippen molar-refractivity contribution in [2.75, 3.05) is 0 Å². The third-order valence-electron chi connectivity index (χ3n) is 0.575. The van der Waals surface area contributed by atoms with Crippen LogP contribution >= 0.6 is 95.6 Å². The highest BCUT2D eigenvalue weighted by Crippen LogP contribution is 2.51. The lowest BCUT2D eigenvalue weighted by molar-refractivity contribution is 0.374. The zero-order valence-corrected chi connectivity index (χ0v) is 13.7. The van der Waals surface area contributed by atoms with Crippen LogP contribution < -0.4 is 0 Å². The Morgan fingerprint density at radius 3 is 1.00 bits per heavy atom. The van der Waals surface area contributed by atoms with Crippen LogP contribution in [0.25, 0.3) is 0 Å². The second kappa shape index (κ2) is 4.35. The van der Waals surface area contributed by atoms with Gasteiger partial charge in [-0.05, 0) is 0 Å². The van der Waals surface area contributed by atoms with Gasteiger partial charge in [0.05, 0.1) is 0 Å². The zero-order chi connectivity index (χ0) is 8.58. The van der Waals surface area contributed by atoms with E-state index in [2.05, 4.69) is 95.6 Å². The van der Waals surface area contributed by atoms with Crippen LogP contribution in [-0.4, -0.2) is 10.5 Å². The van der Waals surface area contributed by atoms with E-state index in [-0.39, 0.29) is 0 Å². The molecule has 7 heteroatoms. The van der Waals surface area contributed by atoms with Crippen molar-refractivity contribution in [1.29, 1.82) is 0 Å². The summed E-state index contributed by atoms with van der Waals surface area (Å²) in [5.41, 5.74) is 0. The van der Waals surface area contributed by atoms with Crippen molar-refractivity contribution < 1.29 is 4.39 Å². The first-order valence-corrected chi connectivity index (χ1v) is 6.69. The molecular weight excluding hydrogens is 534 g/mol. The lowest BCUT2D eigenvalue weighted by Gasteiger charge is -2.24. The second-order valence-electron chi connectivity index (χ2n) is 1.45. The number of hydrogen-bond acceptors (Lipinski definition) is 0. The van der Waals surface area contributed by atoms with Crippen molar-refractivity contribution in [3.05, 3.63) is 0 Å². The smallest absolute Gasteiger partial charge is 0.170 e. The minimum absolute atomic E-state index is 0.927. The van der Waals surface area contributed by atoms with Crippen LogP contribution in [0.2, 0.25) is 0 Å². The minimum atomic E-state index is -1.24. The Morgan fingerprint density at radius 2 is 1.00 bits per heavy atom. The molecule has 0 aromatic rings. The van der Waals surface area contributed by atoms with E-state index in [0.717, 1.165) is 0 Å². The van der Waals surface area contributed by atoms with E-state index in [9.17, 15) is 4.39 Å². The van der Waals surface area contributed by atoms with E-state index in [1.54, 1.807) is 0 Å². The van der Waals surface area contributed by atoms with Crippen LogP contribution in [0.1, 0.15) is 0 Å². The molecular formula is C3HBr6F. The SMILES string of the molecule is FC(C(Br)(Br)Br)C(Br)(Br)Br. The summed E-state index contributed by atoms with van der Waals surface area (Å²) in [4.78, 5) is 0. The van der Waals surface area contributed by atoms with E-state index >= 15 is 0 Å². The van der Waals surface area contributed by atoms with Crippen molar-refractivity contribution in [1.82, 2.24) is 0 Å². The second-order valence-corrected chi connectivity index (χ2v) is 15.3. The maximum atomic E-state index is 13.1. The predicted molar refractivity (Wildman–Crippen MR) is 63.9 cm³/mol. The van der Waals surface area contributed by atoms with Crippen molar-refractivity contribution in [3.63, 3.8) is 0 Å². The van der Waals surface area contributed by atoms with Crippen LogP contribution in [0, 0.1) is 0 Å². The Kier molecular flexibility index (Phi) is 5.57. The number of rotatable bonds is 0. The monoisotopic (exact) mass is 530 g/mol. The molecule has 0 atom stereocenters. The van der Waals surface area contributed by atoms with Crippen LogP contribution in [0.15, 0.2) is 0 Å². The van der Waals surface area contributed by atoms with Crippen LogP contribution in [-0.2, 0) is 0 Å². The maximum absolute atomic E-state index is 13.1. The van der Waals surface area contributed by atoms with Crippen LogP contribution in [0.5, 0.6) is 0 Å². The van der Waals surface area contributed by atoms with Gasteiger partial charge in [0.2, 0.25) is 0 Å². The summed E-state index contributed by atoms with van der Waals surface area (Å²) in [7, 11) is 0. The summed E-state index contributed by atoms with van der Waals surface area (Å²) >= 11 is 18.3. The van der Waals surface area contributed by atoms with Gasteiger partial charge < -0.3 is 0 Å². The van der Waals surface area contributed by atoms with E-state index in [0.29, 0.717) is 0 Å². The van der Waals surface area contributed by atoms with Gasteiger partial charge in [0.25, 0.3) is 0 Å². The third-order valence-corrected chi connectivity index (χ3v) is 2.99. The largest absolute Gasteiger partial charge is 0.241 e. The molecule has 0 bridgehead atoms. The van der Waals surface area contributed by atoms with E-state index in [1.165, 1.54) is 0 Å². The molecule has 0 aliphatic carbocycles. The third kappa shape index (κ3) is 4.74. The fraction of sp³-hybridized carbons (Fsp3) is 1.00. The van der Waals surface area contributed by atoms with Crippen molar-refractivity contribution >= 4 is 95.6 Å². The lowest BCUT2D eigenvalue weighted by atomic mass is 10.5. The molecule has 0 unspecified atom stereocenters. The van der Waals surface area contributed by atoms with E-state index < -0.39 is 10.5 Å². The quantitative estimate of drug-likeness (QED) is 0.383. The molecule has 0 N–H and O–H groups in total. The van der Waals surface area contributed by atoms with Gasteiger partial charge in [-0.25, -0.2) is 4.39 Å². The highest BCUT2D eigenvalue weighted by Gasteiger charge is 2.44. The lowest BCUT2D eigenvalue weighted by Crippen LogP contribution is -2.31. The fourth-order valence-corrected chi connectivity index (χ4v) is 5.01. The molecule has 0 radical (unpaired) electrons. The highest BCUT2D eigenvalue weighted by atomic mass is 80.0. The van der Waals surface area contributed by atoms with Gasteiger partial charge in [0.15, 0.2) is 10.5 Å². The van der Waals surface area contributed by atoms with Crippen molar-refractivity contribution in [2.24, 2.45) is 0 Å². The summed E-state index contributed by atoms with van der Waals surface area (Å²) in [5.74, 6) is 0. The average molecular weight is 535 g/mol. The van der Waals surface area contributed by atoms with Gasteiger partial charge in [-0.3, -0.25) is 0 Å². The molecule has 0 aliphatic heterocycles. The van der Waals surface area contributed by atoms with Gasteiger partial charge in [0, 0.05) is 0 Å². The van der Waals surface area contributed by atoms with Gasteiger partial charge in [-0.15, -0.1) is 0 Å². The Labute approximate surface area is 109 Å². The molecule has 0 heterocycles. The minimum Gasteiger partial charge on any atom is -0.241 e. The molecule has 0 rings (SSSR count). The summed E-state index contributed by atoms with van der Waals surface area (Å²) in [6, 6.07) is 0. The number of hydrogen-bond donors (Lipinski definition) is 0. The number of halogens is 7. The van der Waals surface area contributed by atoms with E-state index in [4.69, 9.17) is 0 Å². The van der Waals surface area contributed by atoms with Crippen molar-refractivity contribution in [3.8, 4) is 0 Å². The molecule has 0 saturated heterocycles. The molecule has 10 heavy (non-hydrogen) atoms. The molecule has 0 aliphatic rings. The Hall–Kier alpha value is 2.81. The molecule has 0 amide bonds. The maximum Gasteiger partial charge on any atom is 0.170 e. The fourth-order valence-electron chi connectivity index (χ4n) is 0.186. The molecule has 0 spiro atoms. The summed E-state index contributed by atoms with van der Waals surface area (Å²) in [6.45, 7) is 0.